The van der Waals surface area contributed by atoms with Crippen molar-refractivity contribution in [1.82, 2.24) is 4.90 Å². The molecule has 6 nitrogen and oxygen atoms in total. The van der Waals surface area contributed by atoms with Crippen LogP contribution in [0.4, 0.5) is 0 Å². The third-order valence-electron chi connectivity index (χ3n) is 6.38. The summed E-state index contributed by atoms with van der Waals surface area (Å²) in [5, 5.41) is 44.9. The number of carbonyl (C=O) groups excluding carboxylic acids is 1. The zero-order chi connectivity index (χ0) is 23.3. The molecule has 1 aliphatic rings. The van der Waals surface area contributed by atoms with E-state index in [2.05, 4.69) is 0 Å². The normalized spacial score (nSPS) is 17.3. The van der Waals surface area contributed by atoms with Crippen LogP contribution in [-0.4, -0.2) is 31.2 Å². The molecule has 166 valence electrons. The van der Waals surface area contributed by atoms with Crippen LogP contribution in [-0.2, 0) is 4.79 Å². The summed E-state index contributed by atoms with van der Waals surface area (Å²) in [5.74, 6) is -0.402. The molecule has 1 aliphatic heterocycles. The van der Waals surface area contributed by atoms with Crippen LogP contribution in [0.2, 0.25) is 0 Å². The molecule has 33 heavy (non-hydrogen) atoms. The van der Waals surface area contributed by atoms with E-state index in [4.69, 9.17) is 0 Å². The van der Waals surface area contributed by atoms with Crippen LogP contribution >= 0.6 is 0 Å². The minimum absolute atomic E-state index is 0.0209. The summed E-state index contributed by atoms with van der Waals surface area (Å²) in [6.07, 6.45) is 0.147. The fraction of sp³-hybridized carbons (Fsp3) is 0.148. The molecule has 4 N–H and O–H groups in total. The van der Waals surface area contributed by atoms with Gasteiger partial charge in [-0.15, -0.1) is 0 Å². The van der Waals surface area contributed by atoms with Crippen molar-refractivity contribution < 1.29 is 25.2 Å². The summed E-state index contributed by atoms with van der Waals surface area (Å²) in [5.41, 5.74) is 1.73. The van der Waals surface area contributed by atoms with Crippen molar-refractivity contribution in [1.29, 1.82) is 0 Å². The molecule has 0 spiro atoms. The van der Waals surface area contributed by atoms with Crippen molar-refractivity contribution in [3.63, 3.8) is 0 Å². The van der Waals surface area contributed by atoms with E-state index in [1.54, 1.807) is 72.5 Å². The number of carbonyl (C=O) groups is 1. The molecule has 6 heteroatoms. The fourth-order valence-electron chi connectivity index (χ4n) is 4.95. The minimum atomic E-state index is -0.846. The molecule has 1 heterocycles. The molecule has 0 bridgehead atoms. The van der Waals surface area contributed by atoms with Crippen LogP contribution in [0.5, 0.6) is 23.0 Å². The lowest BCUT2D eigenvalue weighted by molar-refractivity contribution is -0.134. The Labute approximate surface area is 190 Å². The predicted octanol–water partition coefficient (Wildman–Crippen LogP) is 5.09. The first kappa shape index (κ1) is 20.7. The maximum Gasteiger partial charge on any atom is 0.223 e. The molecule has 0 aliphatic carbocycles. The first-order chi connectivity index (χ1) is 15.9. The number of aromatic hydroxyl groups is 4. The van der Waals surface area contributed by atoms with E-state index >= 15 is 0 Å². The molecule has 2 unspecified atom stereocenters. The third kappa shape index (κ3) is 3.06. The van der Waals surface area contributed by atoms with E-state index in [1.807, 2.05) is 0 Å². The lowest BCUT2D eigenvalue weighted by Crippen LogP contribution is -2.41. The second-order valence-corrected chi connectivity index (χ2v) is 8.17. The molecule has 0 aromatic heterocycles. The van der Waals surface area contributed by atoms with E-state index in [9.17, 15) is 25.2 Å². The first-order valence-electron chi connectivity index (χ1n) is 10.8. The molecule has 4 aromatic rings. The van der Waals surface area contributed by atoms with Gasteiger partial charge in [-0.1, -0.05) is 55.5 Å². The monoisotopic (exact) mass is 441 g/mol. The molecule has 5 rings (SSSR count). The number of para-hydroxylation sites is 2. The summed E-state index contributed by atoms with van der Waals surface area (Å²) >= 11 is 0. The number of benzene rings is 4. The number of phenols is 4. The van der Waals surface area contributed by atoms with Gasteiger partial charge in [0.15, 0.2) is 0 Å². The van der Waals surface area contributed by atoms with Crippen LogP contribution in [0.1, 0.15) is 47.7 Å². The van der Waals surface area contributed by atoms with Crippen molar-refractivity contribution >= 4 is 16.7 Å². The maximum atomic E-state index is 13.5. The van der Waals surface area contributed by atoms with E-state index < -0.39 is 12.1 Å². The molecule has 4 aromatic carbocycles. The molecule has 0 saturated carbocycles. The summed E-state index contributed by atoms with van der Waals surface area (Å²) in [7, 11) is 0. The minimum Gasteiger partial charge on any atom is -0.508 e. The Hall–Kier alpha value is -4.19. The van der Waals surface area contributed by atoms with Crippen LogP contribution in [0.25, 0.3) is 10.8 Å². The van der Waals surface area contributed by atoms with Gasteiger partial charge in [0.1, 0.15) is 23.0 Å². The number of amides is 1. The van der Waals surface area contributed by atoms with Crippen LogP contribution in [0, 0.1) is 0 Å². The lowest BCUT2D eigenvalue weighted by Gasteiger charge is -2.44. The van der Waals surface area contributed by atoms with Crippen LogP contribution in [0.3, 0.4) is 0 Å². The van der Waals surface area contributed by atoms with Gasteiger partial charge in [0, 0.05) is 34.1 Å². The molecule has 0 radical (unpaired) electrons. The highest BCUT2D eigenvalue weighted by molar-refractivity contribution is 5.97. The van der Waals surface area contributed by atoms with Crippen molar-refractivity contribution in [2.75, 3.05) is 0 Å². The van der Waals surface area contributed by atoms with Gasteiger partial charge >= 0.3 is 0 Å². The largest absolute Gasteiger partial charge is 0.508 e. The summed E-state index contributed by atoms with van der Waals surface area (Å²) in [6, 6.07) is 18.3. The van der Waals surface area contributed by atoms with Gasteiger partial charge in [-0.3, -0.25) is 4.79 Å². The number of phenolic OH excluding ortho intramolecular Hbond substituents is 4. The Kier molecular flexibility index (Phi) is 4.86. The van der Waals surface area contributed by atoms with Crippen LogP contribution in [0.15, 0.2) is 72.8 Å². The van der Waals surface area contributed by atoms with Gasteiger partial charge in [0.25, 0.3) is 0 Å². The average Bonchev–Trinajstić information content (AvgIpc) is 2.82. The molecular weight excluding hydrogens is 418 g/mol. The Morgan fingerprint density at radius 3 is 1.58 bits per heavy atom. The SMILES string of the molecule is CCC(=O)N1C(c2ccccc2O)c2c(O)ccc3ccc(O)c(c23)C1c1ccccc1O. The Morgan fingerprint density at radius 1 is 0.697 bits per heavy atom. The van der Waals surface area contributed by atoms with E-state index in [0.717, 1.165) is 5.39 Å². The predicted molar refractivity (Wildman–Crippen MR) is 124 cm³/mol. The third-order valence-corrected chi connectivity index (χ3v) is 6.38. The number of rotatable bonds is 3. The fourth-order valence-corrected chi connectivity index (χ4v) is 4.95. The lowest BCUT2D eigenvalue weighted by atomic mass is 9.79. The van der Waals surface area contributed by atoms with E-state index in [1.165, 1.54) is 12.1 Å². The highest BCUT2D eigenvalue weighted by Gasteiger charge is 2.44. The van der Waals surface area contributed by atoms with Gasteiger partial charge in [-0.25, -0.2) is 0 Å². The Bertz CT molecular complexity index is 1300. The molecule has 0 saturated heterocycles. The molecular formula is C27H23NO5. The zero-order valence-electron chi connectivity index (χ0n) is 17.9. The number of hydrogen-bond donors (Lipinski definition) is 4. The highest BCUT2D eigenvalue weighted by Crippen LogP contribution is 2.55. The summed E-state index contributed by atoms with van der Waals surface area (Å²) in [4.78, 5) is 15.1. The van der Waals surface area contributed by atoms with Crippen molar-refractivity contribution in [3.05, 3.63) is 95.1 Å². The number of nitrogens with zero attached hydrogens (tertiary/aromatic N) is 1. The smallest absolute Gasteiger partial charge is 0.223 e. The zero-order valence-corrected chi connectivity index (χ0v) is 17.9. The Morgan fingerprint density at radius 2 is 1.15 bits per heavy atom. The van der Waals surface area contributed by atoms with E-state index in [0.29, 0.717) is 27.6 Å². The van der Waals surface area contributed by atoms with E-state index in [-0.39, 0.29) is 35.3 Å². The first-order valence-corrected chi connectivity index (χ1v) is 10.8. The quantitative estimate of drug-likeness (QED) is 0.355. The summed E-state index contributed by atoms with van der Waals surface area (Å²) in [6.45, 7) is 1.73. The standard InChI is InChI=1S/C27H23NO5/c1-2-22(33)28-26(16-7-3-5-9-18(16)29)24-20(31)13-11-15-12-14-21(32)25(23(15)24)27(28)17-8-4-6-10-19(17)30/h3-14,26-27,29-32H,2H2,1H3. The van der Waals surface area contributed by atoms with Gasteiger partial charge in [0.2, 0.25) is 5.91 Å². The average molecular weight is 441 g/mol. The molecule has 2 atom stereocenters. The van der Waals surface area contributed by atoms with Gasteiger partial charge in [-0.05, 0) is 29.7 Å². The maximum absolute atomic E-state index is 13.5. The second-order valence-electron chi connectivity index (χ2n) is 8.17. The van der Waals surface area contributed by atoms with Crippen LogP contribution < -0.4 is 0 Å². The Balaban J connectivity index is 1.98. The summed E-state index contributed by atoms with van der Waals surface area (Å²) < 4.78 is 0. The van der Waals surface area contributed by atoms with Gasteiger partial charge in [0.05, 0.1) is 12.1 Å². The van der Waals surface area contributed by atoms with Crippen molar-refractivity contribution in [2.45, 2.75) is 25.4 Å². The highest BCUT2D eigenvalue weighted by atomic mass is 16.3. The van der Waals surface area contributed by atoms with Gasteiger partial charge < -0.3 is 25.3 Å². The second kappa shape index (κ2) is 7.74. The van der Waals surface area contributed by atoms with Crippen molar-refractivity contribution in [3.8, 4) is 23.0 Å². The molecule has 1 amide bonds. The van der Waals surface area contributed by atoms with Crippen molar-refractivity contribution in [2.24, 2.45) is 0 Å². The molecule has 0 fully saturated rings. The topological polar surface area (TPSA) is 101 Å². The number of hydrogen-bond acceptors (Lipinski definition) is 5. The van der Waals surface area contributed by atoms with Gasteiger partial charge in [-0.2, -0.15) is 0 Å².